The van der Waals surface area contributed by atoms with E-state index in [9.17, 15) is 9.18 Å². The number of hydrogen-bond donors (Lipinski definition) is 2. The molecule has 0 bridgehead atoms. The first-order chi connectivity index (χ1) is 14.6. The Morgan fingerprint density at radius 2 is 1.90 bits per heavy atom. The molecule has 0 unspecified atom stereocenters. The lowest BCUT2D eigenvalue weighted by molar-refractivity contribution is 0.102. The van der Waals surface area contributed by atoms with Gasteiger partial charge in [-0.25, -0.2) is 14.4 Å². The van der Waals surface area contributed by atoms with E-state index >= 15 is 0 Å². The quantitative estimate of drug-likeness (QED) is 0.517. The van der Waals surface area contributed by atoms with Crippen molar-refractivity contribution in [2.45, 2.75) is 6.92 Å². The molecule has 0 fully saturated rings. The number of carbonyl (C=O) groups is 1. The molecule has 0 aliphatic rings. The fourth-order valence-corrected chi connectivity index (χ4v) is 2.79. The zero-order valence-corrected chi connectivity index (χ0v) is 16.0. The van der Waals surface area contributed by atoms with E-state index in [-0.39, 0.29) is 5.56 Å². The molecule has 30 heavy (non-hydrogen) atoms. The molecule has 3 aromatic heterocycles. The van der Waals surface area contributed by atoms with Crippen LogP contribution in [0.2, 0.25) is 0 Å². The van der Waals surface area contributed by atoms with Crippen LogP contribution in [0.3, 0.4) is 0 Å². The molecule has 1 aromatic carbocycles. The standard InChI is InChI=1S/C22H17FN6O/c1-14-4-5-18(27-21(30)16-9-17(23)13-25-12-16)10-20(14)29-22-26-8-6-19(28-22)15-3-2-7-24-11-15/h2-13H,1H3,(H,27,30)(H,26,28,29). The third-order valence-electron chi connectivity index (χ3n) is 4.32. The van der Waals surface area contributed by atoms with Crippen molar-refractivity contribution in [3.63, 3.8) is 0 Å². The number of hydrogen-bond acceptors (Lipinski definition) is 6. The number of benzene rings is 1. The van der Waals surface area contributed by atoms with Crippen LogP contribution >= 0.6 is 0 Å². The molecule has 0 saturated carbocycles. The number of nitrogens with one attached hydrogen (secondary N) is 2. The largest absolute Gasteiger partial charge is 0.324 e. The Hall–Kier alpha value is -4.20. The van der Waals surface area contributed by atoms with Crippen LogP contribution in [0.4, 0.5) is 21.7 Å². The highest BCUT2D eigenvalue weighted by Gasteiger charge is 2.10. The van der Waals surface area contributed by atoms with Gasteiger partial charge in [0.2, 0.25) is 5.95 Å². The van der Waals surface area contributed by atoms with Gasteiger partial charge in [-0.05, 0) is 48.9 Å². The van der Waals surface area contributed by atoms with Crippen LogP contribution in [0.15, 0.2) is 73.4 Å². The molecule has 8 heteroatoms. The van der Waals surface area contributed by atoms with Gasteiger partial charge >= 0.3 is 0 Å². The van der Waals surface area contributed by atoms with Crippen LogP contribution in [-0.2, 0) is 0 Å². The number of halogens is 1. The topological polar surface area (TPSA) is 92.7 Å². The number of rotatable bonds is 5. The smallest absolute Gasteiger partial charge is 0.257 e. The molecule has 0 aliphatic heterocycles. The number of carbonyl (C=O) groups excluding carboxylic acids is 1. The summed E-state index contributed by atoms with van der Waals surface area (Å²) in [6, 6.07) is 12.1. The average Bonchev–Trinajstić information content (AvgIpc) is 2.77. The molecule has 148 valence electrons. The Morgan fingerprint density at radius 3 is 2.70 bits per heavy atom. The van der Waals surface area contributed by atoms with Gasteiger partial charge in [0.25, 0.3) is 5.91 Å². The maximum atomic E-state index is 13.3. The highest BCUT2D eigenvalue weighted by Crippen LogP contribution is 2.24. The Morgan fingerprint density at radius 1 is 1.00 bits per heavy atom. The second-order valence-corrected chi connectivity index (χ2v) is 6.51. The van der Waals surface area contributed by atoms with E-state index in [4.69, 9.17) is 0 Å². The number of aryl methyl sites for hydroxylation is 1. The van der Waals surface area contributed by atoms with Crippen LogP contribution in [0.5, 0.6) is 0 Å². The average molecular weight is 400 g/mol. The molecule has 4 rings (SSSR count). The molecule has 0 atom stereocenters. The van der Waals surface area contributed by atoms with Crippen molar-refractivity contribution < 1.29 is 9.18 Å². The maximum Gasteiger partial charge on any atom is 0.257 e. The van der Waals surface area contributed by atoms with Crippen LogP contribution < -0.4 is 10.6 Å². The van der Waals surface area contributed by atoms with Crippen LogP contribution in [0.1, 0.15) is 15.9 Å². The third-order valence-corrected chi connectivity index (χ3v) is 4.32. The van der Waals surface area contributed by atoms with E-state index < -0.39 is 11.7 Å². The van der Waals surface area contributed by atoms with E-state index in [0.717, 1.165) is 34.8 Å². The normalized spacial score (nSPS) is 10.5. The van der Waals surface area contributed by atoms with Crippen molar-refractivity contribution in [3.8, 4) is 11.3 Å². The summed E-state index contributed by atoms with van der Waals surface area (Å²) in [6.45, 7) is 1.93. The lowest BCUT2D eigenvalue weighted by atomic mass is 10.1. The highest BCUT2D eigenvalue weighted by atomic mass is 19.1. The lowest BCUT2D eigenvalue weighted by Crippen LogP contribution is -2.12. The predicted molar refractivity (Wildman–Crippen MR) is 112 cm³/mol. The molecule has 7 nitrogen and oxygen atoms in total. The Bertz CT molecular complexity index is 1200. The SMILES string of the molecule is Cc1ccc(NC(=O)c2cncc(F)c2)cc1Nc1nccc(-c2cccnc2)n1. The summed E-state index contributed by atoms with van der Waals surface area (Å²) < 4.78 is 13.3. The van der Waals surface area contributed by atoms with Gasteiger partial charge in [0.15, 0.2) is 0 Å². The number of aromatic nitrogens is 4. The van der Waals surface area contributed by atoms with Crippen molar-refractivity contribution in [1.29, 1.82) is 0 Å². The monoisotopic (exact) mass is 400 g/mol. The second-order valence-electron chi connectivity index (χ2n) is 6.51. The molecule has 0 spiro atoms. The molecule has 0 saturated heterocycles. The first kappa shape index (κ1) is 19.1. The van der Waals surface area contributed by atoms with Gasteiger partial charge in [0.1, 0.15) is 5.82 Å². The Balaban J connectivity index is 1.55. The minimum Gasteiger partial charge on any atom is -0.324 e. The molecular formula is C22H17FN6O. The summed E-state index contributed by atoms with van der Waals surface area (Å²) in [7, 11) is 0. The first-order valence-electron chi connectivity index (χ1n) is 9.11. The minimum absolute atomic E-state index is 0.137. The zero-order chi connectivity index (χ0) is 20.9. The molecule has 2 N–H and O–H groups in total. The predicted octanol–water partition coefficient (Wildman–Crippen LogP) is 4.38. The van der Waals surface area contributed by atoms with Crippen LogP contribution in [0, 0.1) is 12.7 Å². The van der Waals surface area contributed by atoms with E-state index in [2.05, 4.69) is 30.6 Å². The minimum atomic E-state index is -0.570. The van der Waals surface area contributed by atoms with Crippen LogP contribution in [0.25, 0.3) is 11.3 Å². The van der Waals surface area contributed by atoms with Crippen LogP contribution in [-0.4, -0.2) is 25.8 Å². The highest BCUT2D eigenvalue weighted by molar-refractivity contribution is 6.04. The molecule has 3 heterocycles. The second kappa shape index (κ2) is 8.44. The van der Waals surface area contributed by atoms with Crippen molar-refractivity contribution >= 4 is 23.2 Å². The van der Waals surface area contributed by atoms with E-state index in [1.165, 1.54) is 6.20 Å². The summed E-state index contributed by atoms with van der Waals surface area (Å²) in [5.74, 6) is -0.608. The fourth-order valence-electron chi connectivity index (χ4n) is 2.79. The number of amides is 1. The van der Waals surface area contributed by atoms with E-state index in [0.29, 0.717) is 11.6 Å². The van der Waals surface area contributed by atoms with Gasteiger partial charge in [-0.1, -0.05) is 6.07 Å². The first-order valence-corrected chi connectivity index (χ1v) is 9.11. The van der Waals surface area contributed by atoms with Gasteiger partial charge in [-0.2, -0.15) is 0 Å². The van der Waals surface area contributed by atoms with E-state index in [1.54, 1.807) is 36.8 Å². The Labute approximate surface area is 172 Å². The molecular weight excluding hydrogens is 383 g/mol. The third kappa shape index (κ3) is 4.44. The number of nitrogens with zero attached hydrogens (tertiary/aromatic N) is 4. The van der Waals surface area contributed by atoms with Crippen molar-refractivity contribution in [1.82, 2.24) is 19.9 Å². The summed E-state index contributed by atoms with van der Waals surface area (Å²) >= 11 is 0. The summed E-state index contributed by atoms with van der Waals surface area (Å²) in [5.41, 5.74) is 3.97. The van der Waals surface area contributed by atoms with E-state index in [1.807, 2.05) is 25.1 Å². The molecule has 0 aliphatic carbocycles. The van der Waals surface area contributed by atoms with Crippen molar-refractivity contribution in [2.24, 2.45) is 0 Å². The molecule has 0 radical (unpaired) electrons. The lowest BCUT2D eigenvalue weighted by Gasteiger charge is -2.12. The van der Waals surface area contributed by atoms with Crippen molar-refractivity contribution in [3.05, 3.63) is 90.4 Å². The Kier molecular flexibility index (Phi) is 5.38. The van der Waals surface area contributed by atoms with Gasteiger partial charge in [0, 0.05) is 41.7 Å². The summed E-state index contributed by atoms with van der Waals surface area (Å²) in [6.07, 6.45) is 7.45. The van der Waals surface area contributed by atoms with Gasteiger partial charge < -0.3 is 10.6 Å². The number of anilines is 3. The maximum absolute atomic E-state index is 13.3. The van der Waals surface area contributed by atoms with Gasteiger partial charge in [0.05, 0.1) is 17.5 Å². The van der Waals surface area contributed by atoms with Gasteiger partial charge in [-0.15, -0.1) is 0 Å². The molecule has 1 amide bonds. The fraction of sp³-hybridized carbons (Fsp3) is 0.0455. The van der Waals surface area contributed by atoms with Crippen molar-refractivity contribution in [2.75, 3.05) is 10.6 Å². The van der Waals surface area contributed by atoms with Gasteiger partial charge in [-0.3, -0.25) is 14.8 Å². The number of pyridine rings is 2. The molecule has 4 aromatic rings. The summed E-state index contributed by atoms with van der Waals surface area (Å²) in [5, 5.41) is 5.92. The summed E-state index contributed by atoms with van der Waals surface area (Å²) in [4.78, 5) is 29.0. The zero-order valence-electron chi connectivity index (χ0n) is 16.0.